The van der Waals surface area contributed by atoms with E-state index in [1.54, 1.807) is 0 Å². The third-order valence-electron chi connectivity index (χ3n) is 3.73. The summed E-state index contributed by atoms with van der Waals surface area (Å²) in [6, 6.07) is 1.17. The Kier molecular flexibility index (Phi) is 4.31. The van der Waals surface area contributed by atoms with Crippen LogP contribution in [0, 0.1) is 10.1 Å². The van der Waals surface area contributed by atoms with Crippen LogP contribution in [0.15, 0.2) is 23.1 Å². The fourth-order valence-corrected chi connectivity index (χ4v) is 3.72. The van der Waals surface area contributed by atoms with Crippen LogP contribution in [0.2, 0.25) is 0 Å². The fraction of sp³-hybridized carbons (Fsp3) is 0.417. The number of alkyl halides is 3. The molecule has 1 aromatic carbocycles. The number of aliphatic carboxylic acids is 1. The fourth-order valence-electron chi connectivity index (χ4n) is 2.27. The molecule has 1 fully saturated rings. The molecule has 2 rings (SSSR count). The Morgan fingerprint density at radius 1 is 1.33 bits per heavy atom. The van der Waals surface area contributed by atoms with E-state index in [1.807, 2.05) is 4.72 Å². The summed E-state index contributed by atoms with van der Waals surface area (Å²) in [5.74, 6) is -1.43. The molecular formula is C12H11F3N2O6S. The summed E-state index contributed by atoms with van der Waals surface area (Å²) in [5.41, 5.74) is -4.79. The molecule has 0 atom stereocenters. The highest BCUT2D eigenvalue weighted by Gasteiger charge is 2.48. The van der Waals surface area contributed by atoms with Crippen molar-refractivity contribution < 1.29 is 36.4 Å². The maximum atomic E-state index is 12.9. The molecule has 1 saturated carbocycles. The zero-order valence-corrected chi connectivity index (χ0v) is 12.6. The van der Waals surface area contributed by atoms with Crippen LogP contribution in [0.25, 0.3) is 0 Å². The Hall–Kier alpha value is -2.21. The molecule has 8 nitrogen and oxygen atoms in total. The summed E-state index contributed by atoms with van der Waals surface area (Å²) in [4.78, 5) is 19.7. The van der Waals surface area contributed by atoms with Gasteiger partial charge >= 0.3 is 12.1 Å². The molecule has 12 heteroatoms. The molecule has 0 radical (unpaired) electrons. The minimum absolute atomic E-state index is 0.000667. The van der Waals surface area contributed by atoms with Crippen LogP contribution >= 0.6 is 0 Å². The summed E-state index contributed by atoms with van der Waals surface area (Å²) in [7, 11) is -4.60. The average Bonchev–Trinajstić information content (AvgIpc) is 2.40. The second-order valence-electron chi connectivity index (χ2n) is 5.28. The average molecular weight is 368 g/mol. The van der Waals surface area contributed by atoms with E-state index >= 15 is 0 Å². The zero-order chi connectivity index (χ0) is 18.3. The van der Waals surface area contributed by atoms with Gasteiger partial charge in [0.2, 0.25) is 10.0 Å². The molecule has 0 bridgehead atoms. The number of hydrogen-bond donors (Lipinski definition) is 2. The van der Waals surface area contributed by atoms with E-state index in [2.05, 4.69) is 0 Å². The highest BCUT2D eigenvalue weighted by Crippen LogP contribution is 2.38. The van der Waals surface area contributed by atoms with Crippen LogP contribution in [0.1, 0.15) is 24.8 Å². The number of rotatable bonds is 5. The van der Waals surface area contributed by atoms with E-state index in [1.165, 1.54) is 0 Å². The standard InChI is InChI=1S/C12H11F3N2O6S/c13-12(14,15)8-6-7(2-3-9(8)17(20)21)24(22,23)16-11(10(18)19)4-1-5-11/h2-3,6,16H,1,4-5H2,(H,18,19). The van der Waals surface area contributed by atoms with Gasteiger partial charge in [-0.2, -0.15) is 17.9 Å². The van der Waals surface area contributed by atoms with Gasteiger partial charge in [-0.25, -0.2) is 8.42 Å². The third-order valence-corrected chi connectivity index (χ3v) is 5.26. The van der Waals surface area contributed by atoms with Gasteiger partial charge in [0.1, 0.15) is 11.1 Å². The van der Waals surface area contributed by atoms with Gasteiger partial charge in [0.15, 0.2) is 0 Å². The normalized spacial score (nSPS) is 17.1. The first-order valence-electron chi connectivity index (χ1n) is 6.52. The first kappa shape index (κ1) is 18.1. The van der Waals surface area contributed by atoms with Gasteiger partial charge in [-0.05, 0) is 31.4 Å². The molecule has 132 valence electrons. The number of nitrogens with zero attached hydrogens (tertiary/aromatic N) is 1. The lowest BCUT2D eigenvalue weighted by Gasteiger charge is -2.37. The number of nitro benzene ring substituents is 1. The molecule has 0 aromatic heterocycles. The number of carboxylic acids is 1. The largest absolute Gasteiger partial charge is 0.480 e. The molecular weight excluding hydrogens is 357 g/mol. The molecule has 0 unspecified atom stereocenters. The SMILES string of the molecule is O=C(O)C1(NS(=O)(=O)c2ccc([N+](=O)[O-])c(C(F)(F)F)c2)CCC1. The van der Waals surface area contributed by atoms with Gasteiger partial charge in [0.25, 0.3) is 5.69 Å². The van der Waals surface area contributed by atoms with E-state index in [0.717, 1.165) is 0 Å². The van der Waals surface area contributed by atoms with Crippen LogP contribution in [0.3, 0.4) is 0 Å². The summed E-state index contributed by atoms with van der Waals surface area (Å²) >= 11 is 0. The Morgan fingerprint density at radius 3 is 2.29 bits per heavy atom. The Balaban J connectivity index is 2.48. The molecule has 0 heterocycles. The van der Waals surface area contributed by atoms with Crippen molar-refractivity contribution in [2.75, 3.05) is 0 Å². The van der Waals surface area contributed by atoms with Crippen molar-refractivity contribution in [3.05, 3.63) is 33.9 Å². The highest BCUT2D eigenvalue weighted by atomic mass is 32.2. The lowest BCUT2D eigenvalue weighted by molar-refractivity contribution is -0.388. The quantitative estimate of drug-likeness (QED) is 0.604. The monoisotopic (exact) mass is 368 g/mol. The van der Waals surface area contributed by atoms with E-state index in [9.17, 15) is 36.5 Å². The lowest BCUT2D eigenvalue weighted by atomic mass is 9.78. The minimum atomic E-state index is -5.14. The van der Waals surface area contributed by atoms with Gasteiger partial charge in [0.05, 0.1) is 9.82 Å². The van der Waals surface area contributed by atoms with E-state index in [0.29, 0.717) is 18.6 Å². The zero-order valence-electron chi connectivity index (χ0n) is 11.8. The minimum Gasteiger partial charge on any atom is -0.480 e. The Morgan fingerprint density at radius 2 is 1.92 bits per heavy atom. The number of carboxylic acid groups (broad SMARTS) is 1. The van der Waals surface area contributed by atoms with Crippen LogP contribution in [0.4, 0.5) is 18.9 Å². The lowest BCUT2D eigenvalue weighted by Crippen LogP contribution is -2.58. The predicted octanol–water partition coefficient (Wildman–Crippen LogP) is 1.90. The molecule has 1 aliphatic carbocycles. The van der Waals surface area contributed by atoms with Gasteiger partial charge in [0, 0.05) is 6.07 Å². The van der Waals surface area contributed by atoms with Crippen molar-refractivity contribution in [1.29, 1.82) is 0 Å². The summed E-state index contributed by atoms with van der Waals surface area (Å²) in [5, 5.41) is 19.8. The summed E-state index contributed by atoms with van der Waals surface area (Å²) in [6.45, 7) is 0. The Labute approximate surface area is 133 Å². The predicted molar refractivity (Wildman–Crippen MR) is 72.6 cm³/mol. The maximum absolute atomic E-state index is 12.9. The van der Waals surface area contributed by atoms with Gasteiger partial charge in [-0.1, -0.05) is 0 Å². The number of hydrogen-bond acceptors (Lipinski definition) is 5. The van der Waals surface area contributed by atoms with Crippen molar-refractivity contribution >= 4 is 21.7 Å². The number of nitrogens with one attached hydrogen (secondary N) is 1. The van der Waals surface area contributed by atoms with Crippen LogP contribution in [0.5, 0.6) is 0 Å². The number of nitro groups is 1. The van der Waals surface area contributed by atoms with Crippen molar-refractivity contribution in [2.45, 2.75) is 35.9 Å². The molecule has 2 N–H and O–H groups in total. The topological polar surface area (TPSA) is 127 Å². The van der Waals surface area contributed by atoms with E-state index in [-0.39, 0.29) is 18.9 Å². The second kappa shape index (κ2) is 5.70. The molecule has 0 aliphatic heterocycles. The molecule has 1 aliphatic rings. The van der Waals surface area contributed by atoms with Gasteiger partial charge < -0.3 is 5.11 Å². The van der Waals surface area contributed by atoms with E-state index < -0.39 is 48.8 Å². The van der Waals surface area contributed by atoms with Gasteiger partial charge in [-0.3, -0.25) is 14.9 Å². The number of sulfonamides is 1. The summed E-state index contributed by atoms with van der Waals surface area (Å²) < 4.78 is 65.0. The van der Waals surface area contributed by atoms with Crippen LogP contribution in [-0.2, 0) is 21.0 Å². The van der Waals surface area contributed by atoms with Crippen LogP contribution in [-0.4, -0.2) is 30.0 Å². The Bertz CT molecular complexity index is 802. The molecule has 0 amide bonds. The highest BCUT2D eigenvalue weighted by molar-refractivity contribution is 7.89. The smallest absolute Gasteiger partial charge is 0.423 e. The maximum Gasteiger partial charge on any atom is 0.423 e. The number of benzene rings is 1. The van der Waals surface area contributed by atoms with Gasteiger partial charge in [-0.15, -0.1) is 0 Å². The number of carbonyl (C=O) groups is 1. The molecule has 1 aromatic rings. The van der Waals surface area contributed by atoms with Crippen molar-refractivity contribution in [2.24, 2.45) is 0 Å². The van der Waals surface area contributed by atoms with Crippen molar-refractivity contribution in [1.82, 2.24) is 4.72 Å². The van der Waals surface area contributed by atoms with Crippen LogP contribution < -0.4 is 4.72 Å². The molecule has 0 saturated heterocycles. The summed E-state index contributed by atoms with van der Waals surface area (Å²) in [6.07, 6.45) is -4.70. The van der Waals surface area contributed by atoms with E-state index in [4.69, 9.17) is 5.11 Å². The molecule has 24 heavy (non-hydrogen) atoms. The van der Waals surface area contributed by atoms with Crippen molar-refractivity contribution in [3.8, 4) is 0 Å². The first-order chi connectivity index (χ1) is 10.9. The third kappa shape index (κ3) is 3.19. The molecule has 0 spiro atoms. The van der Waals surface area contributed by atoms with Crippen molar-refractivity contribution in [3.63, 3.8) is 0 Å². The first-order valence-corrected chi connectivity index (χ1v) is 8.00. The number of halogens is 3. The second-order valence-corrected chi connectivity index (χ2v) is 6.96.